The van der Waals surface area contributed by atoms with Gasteiger partial charge in [0.05, 0.1) is 91.1 Å². The fourth-order valence-electron chi connectivity index (χ4n) is 12.8. The summed E-state index contributed by atoms with van der Waals surface area (Å²) in [5, 5.41) is 10.7. The molecule has 1 N–H and O–H groups in total. The summed E-state index contributed by atoms with van der Waals surface area (Å²) in [5.74, 6) is -4.57. The van der Waals surface area contributed by atoms with Crippen molar-refractivity contribution < 1.29 is 71.9 Å². The zero-order valence-electron chi connectivity index (χ0n) is 64.6. The number of methoxy groups -OCH3 is 2. The number of ketones is 1. The zero-order valence-corrected chi connectivity index (χ0v) is 64.6. The minimum absolute atomic E-state index is 0.0294. The number of carboxylic acids is 1. The van der Waals surface area contributed by atoms with Gasteiger partial charge >= 0.3 is 41.8 Å². The van der Waals surface area contributed by atoms with E-state index in [1.165, 1.54) is 181 Å². The molecule has 2 unspecified atom stereocenters. The van der Waals surface area contributed by atoms with Crippen LogP contribution in [0.4, 0.5) is 0 Å². The molecule has 0 rings (SSSR count). The summed E-state index contributed by atoms with van der Waals surface area (Å²) in [6.45, 7) is 12.9. The molecule has 0 fully saturated rings. The molecule has 18 nitrogen and oxygen atoms in total. The van der Waals surface area contributed by atoms with Crippen molar-refractivity contribution in [3.63, 3.8) is 0 Å². The SMILES string of the molecule is CCCCCCCCCCCCOC(=O)CCN(CCCCC(C(=O)CC(CCCCN(CCC(=O)OC)CCC(=O)OC)C(=O)O)N(CCC(=O)OCCCCCCCCCCCC)CCC(=O)OCCCCCCCCCCCC)CCC(=O)OCCCCCCCCCCCC. The van der Waals surface area contributed by atoms with Crippen LogP contribution >= 0.6 is 0 Å². The molecule has 0 spiro atoms. The quantitative estimate of drug-likeness (QED) is 0.0340. The summed E-state index contributed by atoms with van der Waals surface area (Å²) >= 11 is 0. The Labute approximate surface area is 604 Å². The molecule has 0 heterocycles. The minimum atomic E-state index is -1.10. The summed E-state index contributed by atoms with van der Waals surface area (Å²) in [6, 6.07) is -0.849. The molecule has 580 valence electrons. The lowest BCUT2D eigenvalue weighted by Gasteiger charge is -2.31. The molecule has 0 aliphatic heterocycles. The van der Waals surface area contributed by atoms with E-state index in [1.54, 1.807) is 0 Å². The molecular formula is C81H151N3O15. The number of carbonyl (C=O) groups excluding carboxylic acids is 7. The predicted octanol–water partition coefficient (Wildman–Crippen LogP) is 18.8. The Morgan fingerprint density at radius 1 is 0.283 bits per heavy atom. The van der Waals surface area contributed by atoms with Gasteiger partial charge in [0, 0.05) is 45.7 Å². The molecule has 0 aromatic heterocycles. The molecule has 18 heteroatoms. The second-order valence-electron chi connectivity index (χ2n) is 28.2. The van der Waals surface area contributed by atoms with E-state index in [0.717, 1.165) is 89.9 Å². The van der Waals surface area contributed by atoms with Crippen LogP contribution < -0.4 is 0 Å². The lowest BCUT2D eigenvalue weighted by molar-refractivity contribution is -0.147. The van der Waals surface area contributed by atoms with Gasteiger partial charge in [-0.05, 0) is 64.5 Å². The third kappa shape index (κ3) is 63.3. The number of Topliss-reactive ketones (excluding diaryl/α,β-unsaturated/α-hetero) is 1. The van der Waals surface area contributed by atoms with Crippen LogP contribution in [0.25, 0.3) is 0 Å². The molecule has 0 saturated heterocycles. The Morgan fingerprint density at radius 2 is 0.525 bits per heavy atom. The van der Waals surface area contributed by atoms with Gasteiger partial charge in [-0.1, -0.05) is 272 Å². The van der Waals surface area contributed by atoms with Crippen molar-refractivity contribution in [2.24, 2.45) is 5.92 Å². The second-order valence-corrected chi connectivity index (χ2v) is 28.2. The summed E-state index contributed by atoms with van der Waals surface area (Å²) in [6.07, 6.45) is 49.4. The number of carboxylic acid groups (broad SMARTS) is 1. The van der Waals surface area contributed by atoms with E-state index in [1.807, 2.05) is 9.80 Å². The highest BCUT2D eigenvalue weighted by Crippen LogP contribution is 2.23. The lowest BCUT2D eigenvalue weighted by Crippen LogP contribution is -2.44. The fraction of sp³-hybridized carbons (Fsp3) is 0.901. The highest BCUT2D eigenvalue weighted by atomic mass is 16.5. The maximum absolute atomic E-state index is 15.0. The number of aliphatic carboxylic acids is 1. The number of hydrogen-bond donors (Lipinski definition) is 1. The molecule has 0 aromatic carbocycles. The Bertz CT molecular complexity index is 1840. The van der Waals surface area contributed by atoms with Gasteiger partial charge in [-0.3, -0.25) is 43.3 Å². The number of hydrogen-bond acceptors (Lipinski definition) is 17. The summed E-state index contributed by atoms with van der Waals surface area (Å²) in [7, 11) is 2.64. The highest BCUT2D eigenvalue weighted by molar-refractivity contribution is 5.88. The first-order valence-electron chi connectivity index (χ1n) is 40.9. The number of rotatable bonds is 77. The standard InChI is InChI=1S/C81H151N3O15/c1-7-11-15-19-23-27-31-35-39-47-67-96-77(88)55-63-83(64-56-78(89)97-68-48-40-36-32-28-24-20-16-12-8-2)60-46-44-52-73(74(85)71-72(81(92)93)51-43-45-59-82(61-53-75(86)94-5)62-54-76(87)95-6)84(65-57-79(90)98-69-49-41-37-33-29-25-21-17-13-9-3)66-58-80(91)99-70-50-42-38-34-30-26-22-18-14-10-4/h72-73H,7-71H2,1-6H3,(H,92,93). The van der Waals surface area contributed by atoms with E-state index < -0.39 is 29.9 Å². The van der Waals surface area contributed by atoms with Crippen molar-refractivity contribution in [1.29, 1.82) is 0 Å². The molecule has 0 aliphatic rings. The van der Waals surface area contributed by atoms with Crippen molar-refractivity contribution in [3.05, 3.63) is 0 Å². The van der Waals surface area contributed by atoms with Crippen LogP contribution in [-0.4, -0.2) is 166 Å². The lowest BCUT2D eigenvalue weighted by atomic mass is 9.91. The highest BCUT2D eigenvalue weighted by Gasteiger charge is 2.31. The van der Waals surface area contributed by atoms with Crippen molar-refractivity contribution >= 4 is 47.6 Å². The number of unbranched alkanes of at least 4 members (excludes halogenated alkanes) is 38. The Morgan fingerprint density at radius 3 is 0.788 bits per heavy atom. The monoisotopic (exact) mass is 1410 g/mol. The van der Waals surface area contributed by atoms with E-state index in [0.29, 0.717) is 97.8 Å². The van der Waals surface area contributed by atoms with E-state index in [9.17, 15) is 38.7 Å². The van der Waals surface area contributed by atoms with Gasteiger partial charge in [-0.2, -0.15) is 0 Å². The third-order valence-electron chi connectivity index (χ3n) is 19.3. The maximum Gasteiger partial charge on any atom is 0.307 e. The topological polar surface area (TPSA) is 222 Å². The number of nitrogens with zero attached hydrogens (tertiary/aromatic N) is 3. The van der Waals surface area contributed by atoms with Gasteiger partial charge in [0.1, 0.15) is 0 Å². The largest absolute Gasteiger partial charge is 0.481 e. The summed E-state index contributed by atoms with van der Waals surface area (Å²) in [5.41, 5.74) is 0. The van der Waals surface area contributed by atoms with Crippen LogP contribution in [0.5, 0.6) is 0 Å². The van der Waals surface area contributed by atoms with E-state index >= 15 is 4.79 Å². The van der Waals surface area contributed by atoms with Crippen LogP contribution in [0.3, 0.4) is 0 Å². The molecule has 0 radical (unpaired) electrons. The third-order valence-corrected chi connectivity index (χ3v) is 19.3. The molecular weight excluding hydrogens is 1250 g/mol. The Balaban J connectivity index is 6.61. The number of carbonyl (C=O) groups is 8. The predicted molar refractivity (Wildman–Crippen MR) is 400 cm³/mol. The van der Waals surface area contributed by atoms with Gasteiger partial charge in [0.25, 0.3) is 0 Å². The molecule has 99 heavy (non-hydrogen) atoms. The van der Waals surface area contributed by atoms with Gasteiger partial charge in [0.2, 0.25) is 0 Å². The molecule has 0 saturated carbocycles. The van der Waals surface area contributed by atoms with Crippen molar-refractivity contribution in [2.45, 2.75) is 374 Å². The number of ether oxygens (including phenoxy) is 6. The van der Waals surface area contributed by atoms with E-state index in [4.69, 9.17) is 28.4 Å². The minimum Gasteiger partial charge on any atom is -0.481 e. The first-order valence-corrected chi connectivity index (χ1v) is 40.9. The Hall–Kier alpha value is -4.16. The average molecular weight is 1410 g/mol. The first-order chi connectivity index (χ1) is 48.2. The number of esters is 6. The summed E-state index contributed by atoms with van der Waals surface area (Å²) in [4.78, 5) is 112. The second kappa shape index (κ2) is 72.2. The van der Waals surface area contributed by atoms with Gasteiger partial charge in [0.15, 0.2) is 5.78 Å². The molecule has 0 bridgehead atoms. The van der Waals surface area contributed by atoms with E-state index in [2.05, 4.69) is 32.6 Å². The van der Waals surface area contributed by atoms with Crippen molar-refractivity contribution in [2.75, 3.05) is 93.0 Å². The van der Waals surface area contributed by atoms with E-state index in [-0.39, 0.29) is 94.1 Å². The van der Waals surface area contributed by atoms with Crippen molar-refractivity contribution in [1.82, 2.24) is 14.7 Å². The van der Waals surface area contributed by atoms with Gasteiger partial charge in [-0.15, -0.1) is 0 Å². The van der Waals surface area contributed by atoms with Crippen molar-refractivity contribution in [3.8, 4) is 0 Å². The normalized spacial score (nSPS) is 12.1. The van der Waals surface area contributed by atoms with Crippen LogP contribution in [0.2, 0.25) is 0 Å². The molecule has 2 atom stereocenters. The smallest absolute Gasteiger partial charge is 0.307 e. The summed E-state index contributed by atoms with van der Waals surface area (Å²) < 4.78 is 32.6. The van der Waals surface area contributed by atoms with Crippen LogP contribution in [0.1, 0.15) is 368 Å². The zero-order chi connectivity index (χ0) is 72.7. The average Bonchev–Trinajstić information content (AvgIpc) is 0.971. The molecule has 0 aliphatic carbocycles. The fourth-order valence-corrected chi connectivity index (χ4v) is 12.8. The maximum atomic E-state index is 15.0. The first kappa shape index (κ1) is 94.8. The molecule has 0 amide bonds. The van der Waals surface area contributed by atoms with Crippen LogP contribution in [-0.2, 0) is 66.8 Å². The van der Waals surface area contributed by atoms with Gasteiger partial charge < -0.3 is 43.3 Å². The van der Waals surface area contributed by atoms with Crippen LogP contribution in [0.15, 0.2) is 0 Å². The van der Waals surface area contributed by atoms with Gasteiger partial charge in [-0.25, -0.2) is 0 Å². The van der Waals surface area contributed by atoms with Crippen LogP contribution in [0, 0.1) is 5.92 Å². The Kier molecular flexibility index (Phi) is 69.2. The molecule has 0 aromatic rings.